The number of fused-ring (bicyclic) bond motifs is 1. The first kappa shape index (κ1) is 21.7. The van der Waals surface area contributed by atoms with Crippen LogP contribution >= 0.6 is 0 Å². The van der Waals surface area contributed by atoms with Crippen LogP contribution in [0.3, 0.4) is 0 Å². The summed E-state index contributed by atoms with van der Waals surface area (Å²) < 4.78 is 10.9. The third-order valence-corrected chi connectivity index (χ3v) is 7.60. The molecule has 0 bridgehead atoms. The van der Waals surface area contributed by atoms with E-state index in [0.717, 1.165) is 51.5 Å². The Kier molecular flexibility index (Phi) is 6.33. The molecule has 3 atom stereocenters. The molecule has 0 radical (unpaired) electrons. The van der Waals surface area contributed by atoms with Crippen LogP contribution in [0.1, 0.15) is 78.7 Å². The van der Waals surface area contributed by atoms with Crippen molar-refractivity contribution in [1.82, 2.24) is 15.0 Å². The second-order valence-electron chi connectivity index (χ2n) is 9.98. The molecule has 0 spiro atoms. The van der Waals surface area contributed by atoms with Gasteiger partial charge in [-0.2, -0.15) is 0 Å². The van der Waals surface area contributed by atoms with Gasteiger partial charge < -0.3 is 14.2 Å². The maximum atomic E-state index is 13.4. The van der Waals surface area contributed by atoms with Crippen molar-refractivity contribution >= 4 is 5.91 Å². The summed E-state index contributed by atoms with van der Waals surface area (Å²) in [7, 11) is 0. The van der Waals surface area contributed by atoms with Gasteiger partial charge in [-0.3, -0.25) is 9.69 Å². The predicted molar refractivity (Wildman–Crippen MR) is 123 cm³/mol. The summed E-state index contributed by atoms with van der Waals surface area (Å²) in [6.07, 6.45) is 4.74. The van der Waals surface area contributed by atoms with Crippen LogP contribution in [0, 0.1) is 5.92 Å². The van der Waals surface area contributed by atoms with E-state index in [9.17, 15) is 4.79 Å². The summed E-state index contributed by atoms with van der Waals surface area (Å²) in [6.45, 7) is 9.56. The normalized spacial score (nSPS) is 26.5. The van der Waals surface area contributed by atoms with Crippen LogP contribution in [0.25, 0.3) is 0 Å². The average molecular weight is 438 g/mol. The third kappa shape index (κ3) is 4.35. The number of benzene rings is 1. The molecule has 1 saturated carbocycles. The van der Waals surface area contributed by atoms with E-state index in [4.69, 9.17) is 9.26 Å². The second kappa shape index (κ2) is 9.36. The summed E-state index contributed by atoms with van der Waals surface area (Å²) >= 11 is 0. The quantitative estimate of drug-likeness (QED) is 0.693. The van der Waals surface area contributed by atoms with Gasteiger partial charge in [-0.15, -0.1) is 0 Å². The lowest BCUT2D eigenvalue weighted by molar-refractivity contribution is 0.0342. The Morgan fingerprint density at radius 3 is 2.59 bits per heavy atom. The summed E-state index contributed by atoms with van der Waals surface area (Å²) in [5.41, 5.74) is 3.56. The van der Waals surface area contributed by atoms with Crippen molar-refractivity contribution < 1.29 is 14.1 Å². The van der Waals surface area contributed by atoms with Gasteiger partial charge in [0.2, 0.25) is 5.76 Å². The highest BCUT2D eigenvalue weighted by atomic mass is 16.5. The minimum Gasteiger partial charge on any atom is -0.379 e. The standard InChI is InChI=1S/C26H35N3O3/c1-18(2)23-15-25(32-27-23)26(30)29-17-22(21-5-3-4-6-24(21)29)20-9-7-19(8-10-20)16-28-11-13-31-14-12-28/h7-10,15,18,21-22,24H,3-6,11-14,16-17H2,1-2H3/t21-,22-,24-/m1/s1. The van der Waals surface area contributed by atoms with Crippen molar-refractivity contribution in [3.8, 4) is 0 Å². The van der Waals surface area contributed by atoms with Crippen molar-refractivity contribution in [1.29, 1.82) is 0 Å². The van der Waals surface area contributed by atoms with Crippen molar-refractivity contribution in [2.75, 3.05) is 32.8 Å². The average Bonchev–Trinajstić information content (AvgIpc) is 3.46. The van der Waals surface area contributed by atoms with E-state index in [2.05, 4.69) is 53.1 Å². The number of rotatable bonds is 5. The van der Waals surface area contributed by atoms with E-state index in [1.807, 2.05) is 6.07 Å². The Morgan fingerprint density at radius 1 is 1.12 bits per heavy atom. The number of carbonyl (C=O) groups excluding carboxylic acids is 1. The summed E-state index contributed by atoms with van der Waals surface area (Å²) in [6, 6.07) is 11.3. The summed E-state index contributed by atoms with van der Waals surface area (Å²) in [4.78, 5) is 17.9. The highest BCUT2D eigenvalue weighted by Crippen LogP contribution is 2.45. The molecule has 5 rings (SSSR count). The van der Waals surface area contributed by atoms with Crippen LogP contribution in [0.4, 0.5) is 0 Å². The van der Waals surface area contributed by atoms with Crippen LogP contribution in [-0.4, -0.2) is 59.8 Å². The highest BCUT2D eigenvalue weighted by Gasteiger charge is 2.46. The third-order valence-electron chi connectivity index (χ3n) is 7.60. The molecule has 3 heterocycles. The molecule has 3 fully saturated rings. The Labute approximate surface area is 190 Å². The van der Waals surface area contributed by atoms with E-state index in [0.29, 0.717) is 23.6 Å². The molecule has 6 nitrogen and oxygen atoms in total. The number of ether oxygens (including phenoxy) is 1. The van der Waals surface area contributed by atoms with Gasteiger partial charge in [0.1, 0.15) is 0 Å². The minimum absolute atomic E-state index is 0.00716. The van der Waals surface area contributed by atoms with Crippen molar-refractivity contribution in [3.05, 3.63) is 52.9 Å². The monoisotopic (exact) mass is 437 g/mol. The lowest BCUT2D eigenvalue weighted by Gasteiger charge is -2.32. The molecule has 6 heteroatoms. The number of amides is 1. The smallest absolute Gasteiger partial charge is 0.292 e. The maximum absolute atomic E-state index is 13.4. The van der Waals surface area contributed by atoms with Crippen molar-refractivity contribution in [3.63, 3.8) is 0 Å². The maximum Gasteiger partial charge on any atom is 0.292 e. The zero-order chi connectivity index (χ0) is 22.1. The van der Waals surface area contributed by atoms with Gasteiger partial charge in [-0.25, -0.2) is 0 Å². The number of aromatic nitrogens is 1. The topological polar surface area (TPSA) is 58.8 Å². The van der Waals surface area contributed by atoms with E-state index >= 15 is 0 Å². The number of hydrogen-bond donors (Lipinski definition) is 0. The van der Waals surface area contributed by atoms with Crippen LogP contribution < -0.4 is 0 Å². The zero-order valence-electron chi connectivity index (χ0n) is 19.3. The molecule has 3 aliphatic rings. The summed E-state index contributed by atoms with van der Waals surface area (Å²) in [5, 5.41) is 4.11. The minimum atomic E-state index is 0.00716. The summed E-state index contributed by atoms with van der Waals surface area (Å²) in [5.74, 6) is 1.58. The molecular weight excluding hydrogens is 402 g/mol. The van der Waals surface area contributed by atoms with Crippen LogP contribution in [0.2, 0.25) is 0 Å². The molecule has 32 heavy (non-hydrogen) atoms. The van der Waals surface area contributed by atoms with Crippen LogP contribution in [0.15, 0.2) is 34.9 Å². The number of morpholine rings is 1. The van der Waals surface area contributed by atoms with E-state index in [1.165, 1.54) is 30.4 Å². The Morgan fingerprint density at radius 2 is 1.88 bits per heavy atom. The lowest BCUT2D eigenvalue weighted by atomic mass is 9.77. The second-order valence-corrected chi connectivity index (χ2v) is 9.98. The Hall–Kier alpha value is -2.18. The zero-order valence-corrected chi connectivity index (χ0v) is 19.3. The first-order chi connectivity index (χ1) is 15.6. The van der Waals surface area contributed by atoms with E-state index in [-0.39, 0.29) is 11.8 Å². The molecular formula is C26H35N3O3. The van der Waals surface area contributed by atoms with E-state index in [1.54, 1.807) is 0 Å². The molecule has 1 aliphatic carbocycles. The first-order valence-electron chi connectivity index (χ1n) is 12.3. The van der Waals surface area contributed by atoms with E-state index < -0.39 is 0 Å². The van der Waals surface area contributed by atoms with Crippen LogP contribution in [-0.2, 0) is 11.3 Å². The number of likely N-dealkylation sites (tertiary alicyclic amines) is 1. The SMILES string of the molecule is CC(C)c1cc(C(=O)N2C[C@H](c3ccc(CN4CCOCC4)cc3)[C@H]3CCCC[C@H]32)on1. The van der Waals surface area contributed by atoms with Gasteiger partial charge in [0, 0.05) is 44.2 Å². The number of carbonyl (C=O) groups is 1. The first-order valence-corrected chi connectivity index (χ1v) is 12.3. The fourth-order valence-corrected chi connectivity index (χ4v) is 5.76. The highest BCUT2D eigenvalue weighted by molar-refractivity contribution is 5.92. The van der Waals surface area contributed by atoms with Gasteiger partial charge in [0.25, 0.3) is 5.91 Å². The molecule has 1 aromatic carbocycles. The molecule has 2 saturated heterocycles. The van der Waals surface area contributed by atoms with Gasteiger partial charge >= 0.3 is 0 Å². The van der Waals surface area contributed by atoms with Crippen molar-refractivity contribution in [2.45, 2.75) is 64.0 Å². The molecule has 1 aromatic heterocycles. The fraction of sp³-hybridized carbons (Fsp3) is 0.615. The molecule has 2 aromatic rings. The molecule has 172 valence electrons. The van der Waals surface area contributed by atoms with Gasteiger partial charge in [-0.05, 0) is 35.8 Å². The largest absolute Gasteiger partial charge is 0.379 e. The van der Waals surface area contributed by atoms with Crippen molar-refractivity contribution in [2.24, 2.45) is 5.92 Å². The van der Waals surface area contributed by atoms with Gasteiger partial charge in [0.15, 0.2) is 0 Å². The van der Waals surface area contributed by atoms with Gasteiger partial charge in [-0.1, -0.05) is 56.1 Å². The number of nitrogens with zero attached hydrogens (tertiary/aromatic N) is 3. The molecule has 2 aliphatic heterocycles. The van der Waals surface area contributed by atoms with Crippen LogP contribution in [0.5, 0.6) is 0 Å². The molecule has 0 unspecified atom stereocenters. The molecule has 0 N–H and O–H groups in total. The Bertz CT molecular complexity index is 917. The lowest BCUT2D eigenvalue weighted by Crippen LogP contribution is -2.39. The Balaban J connectivity index is 1.32. The predicted octanol–water partition coefficient (Wildman–Crippen LogP) is 4.43. The van der Waals surface area contributed by atoms with Gasteiger partial charge in [0.05, 0.1) is 18.9 Å². The molecule has 1 amide bonds. The fourth-order valence-electron chi connectivity index (χ4n) is 5.76. The number of hydrogen-bond acceptors (Lipinski definition) is 5.